The molecule has 0 atom stereocenters. The van der Waals surface area contributed by atoms with Crippen LogP contribution in [0, 0.1) is 0 Å². The summed E-state index contributed by atoms with van der Waals surface area (Å²) in [7, 11) is 0. The molecule has 1 aliphatic carbocycles. The summed E-state index contributed by atoms with van der Waals surface area (Å²) in [4.78, 5) is 7.66. The first-order valence-electron chi connectivity index (χ1n) is 4.82. The van der Waals surface area contributed by atoms with Gasteiger partial charge in [0.15, 0.2) is 0 Å². The van der Waals surface area contributed by atoms with Gasteiger partial charge in [-0.05, 0) is 25.7 Å². The number of anilines is 1. The zero-order valence-corrected chi connectivity index (χ0v) is 7.64. The van der Waals surface area contributed by atoms with Crippen molar-refractivity contribution >= 4 is 5.95 Å². The van der Waals surface area contributed by atoms with Gasteiger partial charge in [0, 0.05) is 18.8 Å². The van der Waals surface area contributed by atoms with E-state index >= 15 is 0 Å². The van der Waals surface area contributed by atoms with Gasteiger partial charge in [-0.3, -0.25) is 0 Å². The van der Waals surface area contributed by atoms with Gasteiger partial charge in [0.25, 0.3) is 0 Å². The number of aryl methyl sites for hydroxylation is 2. The maximum Gasteiger partial charge on any atom is 0.200 e. The van der Waals surface area contributed by atoms with E-state index in [-0.39, 0.29) is 6.61 Å². The number of H-pyrrole nitrogens is 1. The van der Waals surface area contributed by atoms with Crippen LogP contribution in [0.15, 0.2) is 0 Å². The molecule has 1 aromatic rings. The lowest BCUT2D eigenvalue weighted by molar-refractivity contribution is 0.292. The van der Waals surface area contributed by atoms with Gasteiger partial charge in [-0.1, -0.05) is 0 Å². The van der Waals surface area contributed by atoms with Crippen molar-refractivity contribution in [3.63, 3.8) is 0 Å². The highest BCUT2D eigenvalue weighted by Crippen LogP contribution is 2.20. The monoisotopic (exact) mass is 181 g/mol. The lowest BCUT2D eigenvalue weighted by Crippen LogP contribution is -2.04. The van der Waals surface area contributed by atoms with E-state index in [1.165, 1.54) is 17.8 Å². The van der Waals surface area contributed by atoms with Crippen molar-refractivity contribution in [2.75, 3.05) is 18.5 Å². The van der Waals surface area contributed by atoms with E-state index in [0.717, 1.165) is 31.8 Å². The molecule has 0 aliphatic heterocycles. The molecule has 4 heteroatoms. The first-order valence-corrected chi connectivity index (χ1v) is 4.82. The van der Waals surface area contributed by atoms with Crippen LogP contribution in [0.25, 0.3) is 0 Å². The van der Waals surface area contributed by atoms with Crippen LogP contribution in [0.3, 0.4) is 0 Å². The SMILES string of the molecule is OCCCNc1nc2c([nH]1)CCC2. The Morgan fingerprint density at radius 1 is 1.46 bits per heavy atom. The molecule has 0 fully saturated rings. The number of hydrogen-bond donors (Lipinski definition) is 3. The number of imidazole rings is 1. The van der Waals surface area contributed by atoms with Gasteiger partial charge in [-0.2, -0.15) is 0 Å². The number of fused-ring (bicyclic) bond motifs is 1. The van der Waals surface area contributed by atoms with Gasteiger partial charge in [0.1, 0.15) is 0 Å². The second-order valence-corrected chi connectivity index (χ2v) is 3.37. The third kappa shape index (κ3) is 1.83. The van der Waals surface area contributed by atoms with Crippen molar-refractivity contribution < 1.29 is 5.11 Å². The standard InChI is InChI=1S/C9H15N3O/c13-6-2-5-10-9-11-7-3-1-4-8(7)12-9/h13H,1-6H2,(H2,10,11,12). The van der Waals surface area contributed by atoms with Gasteiger partial charge in [-0.15, -0.1) is 0 Å². The molecule has 0 bridgehead atoms. The Morgan fingerprint density at radius 2 is 2.38 bits per heavy atom. The predicted molar refractivity (Wildman–Crippen MR) is 50.8 cm³/mol. The maximum absolute atomic E-state index is 8.59. The lowest BCUT2D eigenvalue weighted by atomic mass is 10.4. The molecule has 1 aromatic heterocycles. The number of aromatic nitrogens is 2. The van der Waals surface area contributed by atoms with E-state index in [9.17, 15) is 0 Å². The molecule has 0 amide bonds. The van der Waals surface area contributed by atoms with Gasteiger partial charge < -0.3 is 15.4 Å². The number of aliphatic hydroxyl groups is 1. The molecule has 72 valence electrons. The Balaban J connectivity index is 1.91. The zero-order valence-electron chi connectivity index (χ0n) is 7.64. The highest BCUT2D eigenvalue weighted by atomic mass is 16.3. The summed E-state index contributed by atoms with van der Waals surface area (Å²) in [6.45, 7) is 1.01. The molecule has 0 saturated carbocycles. The van der Waals surface area contributed by atoms with E-state index in [2.05, 4.69) is 15.3 Å². The minimum absolute atomic E-state index is 0.230. The Bertz CT molecular complexity index is 261. The van der Waals surface area contributed by atoms with Crippen molar-refractivity contribution in [2.24, 2.45) is 0 Å². The number of rotatable bonds is 4. The van der Waals surface area contributed by atoms with Crippen LogP contribution in [-0.4, -0.2) is 28.2 Å². The van der Waals surface area contributed by atoms with E-state index in [0.29, 0.717) is 0 Å². The molecule has 4 nitrogen and oxygen atoms in total. The van der Waals surface area contributed by atoms with E-state index in [4.69, 9.17) is 5.11 Å². The largest absolute Gasteiger partial charge is 0.396 e. The number of nitrogens with one attached hydrogen (secondary N) is 2. The van der Waals surface area contributed by atoms with Crippen molar-refractivity contribution in [2.45, 2.75) is 25.7 Å². The Morgan fingerprint density at radius 3 is 3.15 bits per heavy atom. The van der Waals surface area contributed by atoms with Crippen LogP contribution in [0.1, 0.15) is 24.2 Å². The van der Waals surface area contributed by atoms with Crippen LogP contribution in [0.5, 0.6) is 0 Å². The Labute approximate surface area is 77.4 Å². The van der Waals surface area contributed by atoms with Gasteiger partial charge in [0.05, 0.1) is 5.69 Å². The number of aliphatic hydroxyl groups excluding tert-OH is 1. The molecule has 1 aliphatic rings. The molecular formula is C9H15N3O. The highest BCUT2D eigenvalue weighted by Gasteiger charge is 2.15. The lowest BCUT2D eigenvalue weighted by Gasteiger charge is -1.99. The quantitative estimate of drug-likeness (QED) is 0.599. The summed E-state index contributed by atoms with van der Waals surface area (Å²) >= 11 is 0. The summed E-state index contributed by atoms with van der Waals surface area (Å²) in [5.74, 6) is 0.859. The molecule has 3 N–H and O–H groups in total. The summed E-state index contributed by atoms with van der Waals surface area (Å²) in [6.07, 6.45) is 4.23. The first kappa shape index (κ1) is 8.56. The molecular weight excluding hydrogens is 166 g/mol. The Kier molecular flexibility index (Phi) is 2.49. The minimum atomic E-state index is 0.230. The smallest absolute Gasteiger partial charge is 0.200 e. The highest BCUT2D eigenvalue weighted by molar-refractivity contribution is 5.33. The second kappa shape index (κ2) is 3.79. The van der Waals surface area contributed by atoms with Crippen LogP contribution < -0.4 is 5.32 Å². The van der Waals surface area contributed by atoms with Crippen LogP contribution in [-0.2, 0) is 12.8 Å². The maximum atomic E-state index is 8.59. The summed E-state index contributed by atoms with van der Waals surface area (Å²) in [5, 5.41) is 11.7. The summed E-state index contributed by atoms with van der Waals surface area (Å²) in [5.41, 5.74) is 2.50. The minimum Gasteiger partial charge on any atom is -0.396 e. The van der Waals surface area contributed by atoms with Crippen LogP contribution >= 0.6 is 0 Å². The van der Waals surface area contributed by atoms with Crippen molar-refractivity contribution in [1.82, 2.24) is 9.97 Å². The van der Waals surface area contributed by atoms with E-state index in [1.54, 1.807) is 0 Å². The first-order chi connectivity index (χ1) is 6.40. The topological polar surface area (TPSA) is 60.9 Å². The third-order valence-electron chi connectivity index (χ3n) is 2.33. The predicted octanol–water partition coefficient (Wildman–Crippen LogP) is 0.693. The number of aromatic amines is 1. The van der Waals surface area contributed by atoms with Gasteiger partial charge >= 0.3 is 0 Å². The van der Waals surface area contributed by atoms with Crippen molar-refractivity contribution in [3.05, 3.63) is 11.4 Å². The number of nitrogens with zero attached hydrogens (tertiary/aromatic N) is 1. The molecule has 1 heterocycles. The Hall–Kier alpha value is -1.03. The van der Waals surface area contributed by atoms with Crippen LogP contribution in [0.2, 0.25) is 0 Å². The summed E-state index contributed by atoms with van der Waals surface area (Å²) in [6, 6.07) is 0. The molecule has 0 spiro atoms. The molecule has 0 unspecified atom stereocenters. The van der Waals surface area contributed by atoms with E-state index in [1.807, 2.05) is 0 Å². The average molecular weight is 181 g/mol. The molecule has 0 saturated heterocycles. The molecule has 0 radical (unpaired) electrons. The van der Waals surface area contributed by atoms with Crippen molar-refractivity contribution in [3.8, 4) is 0 Å². The summed E-state index contributed by atoms with van der Waals surface area (Å²) < 4.78 is 0. The van der Waals surface area contributed by atoms with Crippen molar-refractivity contribution in [1.29, 1.82) is 0 Å². The molecule has 2 rings (SSSR count). The van der Waals surface area contributed by atoms with E-state index < -0.39 is 0 Å². The fraction of sp³-hybridized carbons (Fsp3) is 0.667. The van der Waals surface area contributed by atoms with Crippen LogP contribution in [0.4, 0.5) is 5.95 Å². The third-order valence-corrected chi connectivity index (χ3v) is 2.33. The second-order valence-electron chi connectivity index (χ2n) is 3.37. The normalized spacial score (nSPS) is 14.5. The van der Waals surface area contributed by atoms with Gasteiger partial charge in [0.2, 0.25) is 5.95 Å². The van der Waals surface area contributed by atoms with Gasteiger partial charge in [-0.25, -0.2) is 4.98 Å². The fourth-order valence-corrected chi connectivity index (χ4v) is 1.66. The fourth-order valence-electron chi connectivity index (χ4n) is 1.66. The molecule has 13 heavy (non-hydrogen) atoms. The average Bonchev–Trinajstić information content (AvgIpc) is 2.64. The molecule has 0 aromatic carbocycles. The zero-order chi connectivity index (χ0) is 9.10. The number of hydrogen-bond acceptors (Lipinski definition) is 3.